The van der Waals surface area contributed by atoms with Crippen LogP contribution in [0.25, 0.3) is 0 Å². The Labute approximate surface area is 103 Å². The third-order valence-corrected chi connectivity index (χ3v) is 3.51. The molecule has 6 nitrogen and oxygen atoms in total. The maximum atomic E-state index is 11.1. The van der Waals surface area contributed by atoms with E-state index in [9.17, 15) is 8.42 Å². The molecule has 1 aromatic rings. The number of aromatic nitrogens is 2. The number of hydrogen-bond donors (Lipinski definition) is 2. The molecule has 16 heavy (non-hydrogen) atoms. The average Bonchev–Trinajstić information content (AvgIpc) is 2.23. The van der Waals surface area contributed by atoms with Gasteiger partial charge < -0.3 is 5.32 Å². The first-order chi connectivity index (χ1) is 7.44. The molecule has 1 aromatic heterocycles. The molecule has 2 N–H and O–H groups in total. The summed E-state index contributed by atoms with van der Waals surface area (Å²) in [7, 11) is -1.89. The van der Waals surface area contributed by atoms with E-state index in [1.54, 1.807) is 0 Å². The second-order valence-electron chi connectivity index (χ2n) is 2.79. The highest BCUT2D eigenvalue weighted by Gasteiger charge is 2.08. The molecular weight excluding hydrogens is 275 g/mol. The zero-order valence-electron chi connectivity index (χ0n) is 8.37. The lowest BCUT2D eigenvalue weighted by Gasteiger charge is -2.07. The zero-order chi connectivity index (χ0) is 12.2. The molecule has 0 aliphatic carbocycles. The molecule has 0 atom stereocenters. The lowest BCUT2D eigenvalue weighted by molar-refractivity contribution is 0.588. The summed E-state index contributed by atoms with van der Waals surface area (Å²) in [5.74, 6) is 0.231. The quantitative estimate of drug-likeness (QED) is 0.780. The third-order valence-electron chi connectivity index (χ3n) is 1.69. The highest BCUT2D eigenvalue weighted by atomic mass is 35.5. The van der Waals surface area contributed by atoms with Crippen LogP contribution < -0.4 is 10.0 Å². The third kappa shape index (κ3) is 4.09. The van der Waals surface area contributed by atoms with Gasteiger partial charge in [0, 0.05) is 6.54 Å². The van der Waals surface area contributed by atoms with Gasteiger partial charge in [0.05, 0.1) is 11.9 Å². The molecule has 0 fully saturated rings. The number of nitrogens with one attached hydrogen (secondary N) is 2. The van der Waals surface area contributed by atoms with Crippen LogP contribution in [0.2, 0.25) is 10.3 Å². The summed E-state index contributed by atoms with van der Waals surface area (Å²) in [5.41, 5.74) is 0. The Hall–Kier alpha value is -0.630. The lowest BCUT2D eigenvalue weighted by atomic mass is 10.5. The van der Waals surface area contributed by atoms with Crippen LogP contribution in [-0.4, -0.2) is 37.7 Å². The van der Waals surface area contributed by atoms with Gasteiger partial charge >= 0.3 is 0 Å². The van der Waals surface area contributed by atoms with Gasteiger partial charge in [0.2, 0.25) is 15.3 Å². The number of hydrogen-bond acceptors (Lipinski definition) is 5. The van der Waals surface area contributed by atoms with Crippen LogP contribution in [0.4, 0.5) is 5.82 Å². The van der Waals surface area contributed by atoms with Gasteiger partial charge in [-0.3, -0.25) is 0 Å². The van der Waals surface area contributed by atoms with Gasteiger partial charge in [-0.25, -0.2) is 18.1 Å². The molecule has 0 spiro atoms. The second-order valence-corrected chi connectivity index (χ2v) is 5.58. The summed E-state index contributed by atoms with van der Waals surface area (Å²) < 4.78 is 24.4. The first-order valence-electron chi connectivity index (χ1n) is 4.28. The number of anilines is 1. The van der Waals surface area contributed by atoms with Gasteiger partial charge in [0.1, 0.15) is 10.8 Å². The molecule has 0 saturated carbocycles. The second kappa shape index (κ2) is 5.62. The Morgan fingerprint density at radius 3 is 2.75 bits per heavy atom. The van der Waals surface area contributed by atoms with Gasteiger partial charge in [-0.05, 0) is 18.6 Å². The molecule has 1 heterocycles. The van der Waals surface area contributed by atoms with Crippen molar-refractivity contribution in [2.24, 2.45) is 0 Å². The molecule has 0 unspecified atom stereocenters. The molecule has 0 saturated heterocycles. The standard InChI is InChI=1S/C7H10Cl2N4O2S/c1-10-16(14,15)3-2-11-6-5(8)4-12-7(9)13-6/h4,10H,2-3H2,1H3,(H,11,12,13). The minimum Gasteiger partial charge on any atom is -0.368 e. The van der Waals surface area contributed by atoms with Crippen LogP contribution in [0.15, 0.2) is 6.20 Å². The van der Waals surface area contributed by atoms with Gasteiger partial charge in [-0.1, -0.05) is 11.6 Å². The predicted octanol–water partition coefficient (Wildman–Crippen LogP) is 0.744. The maximum Gasteiger partial charge on any atom is 0.224 e. The summed E-state index contributed by atoms with van der Waals surface area (Å²) in [6, 6.07) is 0. The zero-order valence-corrected chi connectivity index (χ0v) is 10.7. The van der Waals surface area contributed by atoms with Gasteiger partial charge in [-0.2, -0.15) is 4.98 Å². The summed E-state index contributed by atoms with van der Waals surface area (Å²) >= 11 is 11.3. The van der Waals surface area contributed by atoms with E-state index in [1.807, 2.05) is 0 Å². The van der Waals surface area contributed by atoms with E-state index in [0.717, 1.165) is 0 Å². The van der Waals surface area contributed by atoms with E-state index in [1.165, 1.54) is 13.2 Å². The highest BCUT2D eigenvalue weighted by molar-refractivity contribution is 7.89. The molecule has 0 amide bonds. The van der Waals surface area contributed by atoms with Crippen LogP contribution in [-0.2, 0) is 10.0 Å². The molecule has 0 aliphatic rings. The minimum atomic E-state index is -3.24. The Morgan fingerprint density at radius 2 is 2.12 bits per heavy atom. The fraction of sp³-hybridized carbons (Fsp3) is 0.429. The topological polar surface area (TPSA) is 84.0 Å². The molecule has 1 rings (SSSR count). The Morgan fingerprint density at radius 1 is 1.44 bits per heavy atom. The molecule has 90 valence electrons. The van der Waals surface area contributed by atoms with Crippen LogP contribution in [0.1, 0.15) is 0 Å². The average molecular weight is 285 g/mol. The van der Waals surface area contributed by atoms with Crippen LogP contribution in [0.3, 0.4) is 0 Å². The van der Waals surface area contributed by atoms with Gasteiger partial charge in [0.25, 0.3) is 0 Å². The van der Waals surface area contributed by atoms with Crippen molar-refractivity contribution in [3.8, 4) is 0 Å². The summed E-state index contributed by atoms with van der Waals surface area (Å²) in [5, 5.41) is 3.09. The van der Waals surface area contributed by atoms with Crippen LogP contribution >= 0.6 is 23.2 Å². The lowest BCUT2D eigenvalue weighted by Crippen LogP contribution is -2.26. The van der Waals surface area contributed by atoms with Crippen molar-refractivity contribution < 1.29 is 8.42 Å². The van der Waals surface area contributed by atoms with Crippen molar-refractivity contribution in [1.82, 2.24) is 14.7 Å². The summed E-state index contributed by atoms with van der Waals surface area (Å²) in [6.07, 6.45) is 1.34. The Bertz CT molecular complexity index is 465. The maximum absolute atomic E-state index is 11.1. The molecule has 0 radical (unpaired) electrons. The number of nitrogens with zero attached hydrogens (tertiary/aromatic N) is 2. The molecular formula is C7H10Cl2N4O2S. The fourth-order valence-corrected chi connectivity index (χ4v) is 1.74. The number of sulfonamides is 1. The fourth-order valence-electron chi connectivity index (χ4n) is 0.875. The van der Waals surface area contributed by atoms with E-state index in [4.69, 9.17) is 23.2 Å². The first kappa shape index (κ1) is 13.4. The van der Waals surface area contributed by atoms with Gasteiger partial charge in [0.15, 0.2) is 0 Å². The molecule has 0 aromatic carbocycles. The summed E-state index contributed by atoms with van der Waals surface area (Å²) in [4.78, 5) is 7.48. The van der Waals surface area contributed by atoms with Crippen molar-refractivity contribution >= 4 is 39.0 Å². The molecule has 0 aliphatic heterocycles. The smallest absolute Gasteiger partial charge is 0.224 e. The van der Waals surface area contributed by atoms with Crippen molar-refractivity contribution in [1.29, 1.82) is 0 Å². The van der Waals surface area contributed by atoms with Gasteiger partial charge in [-0.15, -0.1) is 0 Å². The summed E-state index contributed by atoms with van der Waals surface area (Å²) in [6.45, 7) is 0.177. The Balaban J connectivity index is 2.59. The van der Waals surface area contributed by atoms with Crippen molar-refractivity contribution in [3.63, 3.8) is 0 Å². The first-order valence-corrected chi connectivity index (χ1v) is 6.68. The highest BCUT2D eigenvalue weighted by Crippen LogP contribution is 2.18. The normalized spacial score (nSPS) is 11.4. The SMILES string of the molecule is CNS(=O)(=O)CCNc1nc(Cl)ncc1Cl. The van der Waals surface area contributed by atoms with Crippen molar-refractivity contribution in [2.75, 3.05) is 24.7 Å². The van der Waals surface area contributed by atoms with Crippen molar-refractivity contribution in [3.05, 3.63) is 16.5 Å². The van der Waals surface area contributed by atoms with Crippen LogP contribution in [0, 0.1) is 0 Å². The minimum absolute atomic E-state index is 0.0448. The van der Waals surface area contributed by atoms with E-state index < -0.39 is 10.0 Å². The van der Waals surface area contributed by atoms with E-state index in [2.05, 4.69) is 20.0 Å². The van der Waals surface area contributed by atoms with E-state index >= 15 is 0 Å². The Kier molecular flexibility index (Phi) is 4.72. The molecule has 9 heteroatoms. The van der Waals surface area contributed by atoms with E-state index in [-0.39, 0.29) is 22.6 Å². The monoisotopic (exact) mass is 284 g/mol. The molecule has 0 bridgehead atoms. The number of halogens is 2. The largest absolute Gasteiger partial charge is 0.368 e. The van der Waals surface area contributed by atoms with Crippen molar-refractivity contribution in [2.45, 2.75) is 0 Å². The predicted molar refractivity (Wildman–Crippen MR) is 63.4 cm³/mol. The number of rotatable bonds is 5. The van der Waals surface area contributed by atoms with Crippen LogP contribution in [0.5, 0.6) is 0 Å². The van der Waals surface area contributed by atoms with E-state index in [0.29, 0.717) is 5.82 Å².